The third kappa shape index (κ3) is 5.23. The Kier molecular flexibility index (Phi) is 6.08. The lowest BCUT2D eigenvalue weighted by Gasteiger charge is -2.26. The molecule has 1 saturated heterocycles. The van der Waals surface area contributed by atoms with E-state index in [-0.39, 0.29) is 11.0 Å². The van der Waals surface area contributed by atoms with Gasteiger partial charge in [0.15, 0.2) is 17.6 Å². The van der Waals surface area contributed by atoms with Gasteiger partial charge in [0.2, 0.25) is 10.3 Å². The van der Waals surface area contributed by atoms with Crippen LogP contribution in [-0.2, 0) is 19.0 Å². The first-order valence-corrected chi connectivity index (χ1v) is 6.98. The zero-order valence-electron chi connectivity index (χ0n) is 10.9. The van der Waals surface area contributed by atoms with Crippen molar-refractivity contribution in [2.75, 3.05) is 6.61 Å². The van der Waals surface area contributed by atoms with Gasteiger partial charge in [0.25, 0.3) is 0 Å². The first-order valence-electron chi connectivity index (χ1n) is 5.69. The minimum absolute atomic E-state index is 0.0884. The quantitative estimate of drug-likeness (QED) is 0.616. The first-order chi connectivity index (χ1) is 9.65. The largest absolute Gasteiger partial charge is 0.510 e. The molecule has 0 aliphatic carbocycles. The molecule has 120 valence electrons. The Morgan fingerprint density at radius 1 is 1.52 bits per heavy atom. The Bertz CT molecular complexity index is 431. The van der Waals surface area contributed by atoms with Gasteiger partial charge in [-0.2, -0.15) is 13.2 Å². The number of thiocarbonyl (C=S) groups is 1. The van der Waals surface area contributed by atoms with E-state index in [2.05, 4.69) is 9.47 Å². The van der Waals surface area contributed by atoms with Gasteiger partial charge in [-0.15, -0.1) is 0 Å². The van der Waals surface area contributed by atoms with Gasteiger partial charge in [-0.05, 0) is 30.9 Å². The topological polar surface area (TPSA) is 73.9 Å². The molecule has 6 nitrogen and oxygen atoms in total. The Morgan fingerprint density at radius 2 is 2.14 bits per heavy atom. The number of halogens is 3. The molecule has 0 aromatic rings. The molecule has 0 saturated carbocycles. The van der Waals surface area contributed by atoms with E-state index in [9.17, 15) is 22.8 Å². The van der Waals surface area contributed by atoms with E-state index in [0.29, 0.717) is 11.8 Å². The molecular formula is C10H12F3NO5S2. The number of alkyl halides is 3. The standard InChI is InChI=1S/C10H12F3NO5S2/c1-3-17-9(20)21-7-5(18-8(16)19-7)6(10(11,12)13)14-4(2)15/h5-7H,3H2,1-2H3,(H,14,15)/t5-,6?,7-/m1/s1. The second-order valence-corrected chi connectivity index (χ2v) is 5.54. The van der Waals surface area contributed by atoms with Crippen molar-refractivity contribution >= 4 is 40.4 Å². The van der Waals surface area contributed by atoms with Crippen LogP contribution in [0.5, 0.6) is 0 Å². The minimum Gasteiger partial charge on any atom is -0.479 e. The maximum atomic E-state index is 13.0. The second-order valence-electron chi connectivity index (χ2n) is 3.84. The summed E-state index contributed by atoms with van der Waals surface area (Å²) >= 11 is 5.38. The lowest BCUT2D eigenvalue weighted by molar-refractivity contribution is -0.178. The van der Waals surface area contributed by atoms with Gasteiger partial charge in [0.05, 0.1) is 6.61 Å². The molecule has 11 heteroatoms. The van der Waals surface area contributed by atoms with Crippen molar-refractivity contribution in [3.63, 3.8) is 0 Å². The van der Waals surface area contributed by atoms with Gasteiger partial charge in [-0.3, -0.25) is 4.79 Å². The predicted octanol–water partition coefficient (Wildman–Crippen LogP) is 1.97. The molecule has 1 heterocycles. The summed E-state index contributed by atoms with van der Waals surface area (Å²) in [4.78, 5) is 22.0. The van der Waals surface area contributed by atoms with E-state index < -0.39 is 35.8 Å². The molecule has 3 atom stereocenters. The Labute approximate surface area is 127 Å². The second kappa shape index (κ2) is 7.16. The normalized spacial score (nSPS) is 23.0. The summed E-state index contributed by atoms with van der Waals surface area (Å²) in [6.45, 7) is 2.77. The van der Waals surface area contributed by atoms with Crippen molar-refractivity contribution in [1.29, 1.82) is 0 Å². The highest BCUT2D eigenvalue weighted by atomic mass is 32.2. The summed E-state index contributed by atoms with van der Waals surface area (Å²) in [5.74, 6) is -0.920. The van der Waals surface area contributed by atoms with E-state index in [1.807, 2.05) is 0 Å². The maximum Gasteiger partial charge on any atom is 0.510 e. The zero-order chi connectivity index (χ0) is 16.2. The van der Waals surface area contributed by atoms with E-state index in [1.54, 1.807) is 12.2 Å². The average molecular weight is 347 g/mol. The Hall–Kier alpha value is -1.23. The van der Waals surface area contributed by atoms with Crippen LogP contribution in [0.25, 0.3) is 0 Å². The van der Waals surface area contributed by atoms with Crippen molar-refractivity contribution in [2.45, 2.75) is 37.6 Å². The molecule has 0 spiro atoms. The molecule has 0 aromatic heterocycles. The van der Waals surface area contributed by atoms with E-state index >= 15 is 0 Å². The fourth-order valence-corrected chi connectivity index (χ4v) is 2.74. The summed E-state index contributed by atoms with van der Waals surface area (Å²) in [5, 5.41) is 1.70. The average Bonchev–Trinajstić information content (AvgIpc) is 2.65. The van der Waals surface area contributed by atoms with Gasteiger partial charge in [0, 0.05) is 6.92 Å². The van der Waals surface area contributed by atoms with Crippen molar-refractivity contribution < 1.29 is 37.0 Å². The summed E-state index contributed by atoms with van der Waals surface area (Å²) in [6.07, 6.45) is -7.85. The molecule has 21 heavy (non-hydrogen) atoms. The van der Waals surface area contributed by atoms with Gasteiger partial charge >= 0.3 is 12.3 Å². The molecule has 1 rings (SSSR count). The molecule has 1 fully saturated rings. The molecule has 0 radical (unpaired) electrons. The van der Waals surface area contributed by atoms with Crippen molar-refractivity contribution in [3.8, 4) is 0 Å². The monoisotopic (exact) mass is 347 g/mol. The number of thioether (sulfide) groups is 1. The number of amides is 1. The molecule has 0 bridgehead atoms. The van der Waals surface area contributed by atoms with Gasteiger partial charge in [-0.1, -0.05) is 0 Å². The molecule has 1 unspecified atom stereocenters. The molecule has 1 aliphatic rings. The SMILES string of the molecule is CCOC(=S)S[C@H]1OC(=O)O[C@@H]1C(NC(C)=O)C(F)(F)F. The van der Waals surface area contributed by atoms with Gasteiger partial charge in [0.1, 0.15) is 0 Å². The van der Waals surface area contributed by atoms with Crippen LogP contribution in [0.3, 0.4) is 0 Å². The van der Waals surface area contributed by atoms with Crippen LogP contribution < -0.4 is 5.32 Å². The van der Waals surface area contributed by atoms with Crippen LogP contribution in [0.4, 0.5) is 18.0 Å². The maximum absolute atomic E-state index is 13.0. The van der Waals surface area contributed by atoms with Crippen LogP contribution in [0.15, 0.2) is 0 Å². The fourth-order valence-electron chi connectivity index (χ4n) is 1.49. The van der Waals surface area contributed by atoms with Crippen LogP contribution >= 0.6 is 24.0 Å². The molecule has 1 amide bonds. The predicted molar refractivity (Wildman–Crippen MR) is 70.6 cm³/mol. The number of ether oxygens (including phenoxy) is 3. The highest BCUT2D eigenvalue weighted by Crippen LogP contribution is 2.34. The smallest absolute Gasteiger partial charge is 0.479 e. The summed E-state index contributed by atoms with van der Waals surface area (Å²) in [5.41, 5.74) is -1.37. The number of hydrogen-bond donors (Lipinski definition) is 1. The summed E-state index contributed by atoms with van der Waals surface area (Å²) in [7, 11) is 0. The van der Waals surface area contributed by atoms with Crippen molar-refractivity contribution in [1.82, 2.24) is 5.32 Å². The van der Waals surface area contributed by atoms with Gasteiger partial charge in [-0.25, -0.2) is 4.79 Å². The number of carbonyl (C=O) groups is 2. The first kappa shape index (κ1) is 17.8. The van der Waals surface area contributed by atoms with Gasteiger partial charge < -0.3 is 19.5 Å². The lowest BCUT2D eigenvalue weighted by atomic mass is 10.1. The van der Waals surface area contributed by atoms with Crippen molar-refractivity contribution in [3.05, 3.63) is 0 Å². The number of rotatable bonds is 4. The van der Waals surface area contributed by atoms with Crippen LogP contribution in [0, 0.1) is 0 Å². The molecule has 1 aliphatic heterocycles. The fraction of sp³-hybridized carbons (Fsp3) is 0.700. The highest BCUT2D eigenvalue weighted by Gasteiger charge is 2.54. The third-order valence-corrected chi connectivity index (χ3v) is 3.54. The van der Waals surface area contributed by atoms with Crippen LogP contribution in [0.1, 0.15) is 13.8 Å². The highest BCUT2D eigenvalue weighted by molar-refractivity contribution is 8.22. The van der Waals surface area contributed by atoms with Crippen molar-refractivity contribution in [2.24, 2.45) is 0 Å². The lowest BCUT2D eigenvalue weighted by Crippen LogP contribution is -2.54. The summed E-state index contributed by atoms with van der Waals surface area (Å²) in [6, 6.07) is -2.40. The number of nitrogens with one attached hydrogen (secondary N) is 1. The molecule has 0 aromatic carbocycles. The summed E-state index contributed by atoms with van der Waals surface area (Å²) < 4.78 is 52.9. The number of carbonyl (C=O) groups excluding carboxylic acids is 2. The molecular weight excluding hydrogens is 335 g/mol. The Morgan fingerprint density at radius 3 is 2.62 bits per heavy atom. The van der Waals surface area contributed by atoms with E-state index in [0.717, 1.165) is 6.92 Å². The molecule has 1 N–H and O–H groups in total. The van der Waals surface area contributed by atoms with Crippen LogP contribution in [0.2, 0.25) is 0 Å². The van der Waals surface area contributed by atoms with Crippen LogP contribution in [-0.4, -0.2) is 46.8 Å². The Balaban J connectivity index is 2.90. The van der Waals surface area contributed by atoms with E-state index in [1.165, 1.54) is 0 Å². The zero-order valence-corrected chi connectivity index (χ0v) is 12.6. The third-order valence-electron chi connectivity index (χ3n) is 2.23. The number of hydrogen-bond acceptors (Lipinski definition) is 7. The number of cyclic esters (lactones) is 2. The minimum atomic E-state index is -4.82. The van der Waals surface area contributed by atoms with E-state index in [4.69, 9.17) is 17.0 Å².